The molecule has 1 aromatic rings. The van der Waals surface area contributed by atoms with Crippen LogP contribution >= 0.6 is 0 Å². The van der Waals surface area contributed by atoms with Crippen molar-refractivity contribution in [1.29, 1.82) is 0 Å². The minimum atomic E-state index is 0.519. The fourth-order valence-corrected chi connectivity index (χ4v) is 3.00. The highest BCUT2D eigenvalue weighted by atomic mass is 15.0. The summed E-state index contributed by atoms with van der Waals surface area (Å²) in [6.45, 7) is 6.97. The van der Waals surface area contributed by atoms with E-state index in [9.17, 15) is 0 Å². The number of rotatable bonds is 2. The molecule has 1 saturated heterocycles. The van der Waals surface area contributed by atoms with Gasteiger partial charge < -0.3 is 5.32 Å². The second-order valence-electron chi connectivity index (χ2n) is 5.47. The summed E-state index contributed by atoms with van der Waals surface area (Å²) >= 11 is 0. The van der Waals surface area contributed by atoms with Gasteiger partial charge in [0.2, 0.25) is 0 Å². The molecule has 1 aliphatic heterocycles. The van der Waals surface area contributed by atoms with Crippen molar-refractivity contribution in [2.75, 3.05) is 13.1 Å². The van der Waals surface area contributed by atoms with Gasteiger partial charge in [0.25, 0.3) is 0 Å². The third-order valence-electron chi connectivity index (χ3n) is 4.19. The number of fused-ring (bicyclic) bond motifs is 1. The molecule has 2 aliphatic rings. The molecule has 1 saturated carbocycles. The monoisotopic (exact) mass is 201 g/mol. The minimum absolute atomic E-state index is 0.519. The first-order valence-corrected chi connectivity index (χ1v) is 6.03. The van der Waals surface area contributed by atoms with E-state index in [-0.39, 0.29) is 0 Å². The Hall–Kier alpha value is -0.820. The summed E-state index contributed by atoms with van der Waals surface area (Å²) < 4.78 is 0. The van der Waals surface area contributed by atoms with Crippen LogP contribution in [0.1, 0.15) is 37.3 Å². The van der Waals surface area contributed by atoms with Gasteiger partial charge in [-0.1, -0.05) is 38.1 Å². The summed E-state index contributed by atoms with van der Waals surface area (Å²) in [5.74, 6) is 1.56. The van der Waals surface area contributed by atoms with Crippen LogP contribution in [0.3, 0.4) is 0 Å². The molecule has 2 fully saturated rings. The lowest BCUT2D eigenvalue weighted by Gasteiger charge is -2.15. The van der Waals surface area contributed by atoms with Crippen LogP contribution in [0.25, 0.3) is 0 Å². The first-order valence-electron chi connectivity index (χ1n) is 6.03. The molecule has 2 atom stereocenters. The summed E-state index contributed by atoms with van der Waals surface area (Å²) in [6, 6.07) is 9.23. The molecular weight excluding hydrogens is 182 g/mol. The number of benzene rings is 1. The molecule has 1 aromatic carbocycles. The predicted molar refractivity (Wildman–Crippen MR) is 63.2 cm³/mol. The molecule has 80 valence electrons. The van der Waals surface area contributed by atoms with Crippen LogP contribution in [0.15, 0.2) is 24.3 Å². The van der Waals surface area contributed by atoms with Gasteiger partial charge in [-0.15, -0.1) is 0 Å². The predicted octanol–water partition coefficient (Wildman–Crippen LogP) is 2.67. The first kappa shape index (κ1) is 9.41. The Morgan fingerprint density at radius 1 is 1.40 bits per heavy atom. The summed E-state index contributed by atoms with van der Waals surface area (Å²) in [7, 11) is 0. The molecule has 1 heterocycles. The van der Waals surface area contributed by atoms with Crippen LogP contribution in [0.4, 0.5) is 0 Å². The maximum Gasteiger partial charge on any atom is 0.0122 e. The normalized spacial score (nSPS) is 33.1. The van der Waals surface area contributed by atoms with Gasteiger partial charge in [-0.25, -0.2) is 0 Å². The van der Waals surface area contributed by atoms with Gasteiger partial charge in [0.05, 0.1) is 0 Å². The average molecular weight is 201 g/mol. The number of piperidine rings is 1. The molecule has 0 bridgehead atoms. The molecule has 0 aromatic heterocycles. The summed E-state index contributed by atoms with van der Waals surface area (Å²) in [5, 5.41) is 3.51. The fraction of sp³-hybridized carbons (Fsp3) is 0.571. The van der Waals surface area contributed by atoms with Gasteiger partial charge in [-0.2, -0.15) is 0 Å². The van der Waals surface area contributed by atoms with Crippen LogP contribution in [-0.4, -0.2) is 13.1 Å². The van der Waals surface area contributed by atoms with Crippen LogP contribution < -0.4 is 5.32 Å². The molecule has 2 unspecified atom stereocenters. The van der Waals surface area contributed by atoms with Gasteiger partial charge in [0.15, 0.2) is 0 Å². The third kappa shape index (κ3) is 1.33. The highest BCUT2D eigenvalue weighted by molar-refractivity contribution is 5.39. The second kappa shape index (κ2) is 3.08. The molecule has 3 rings (SSSR count). The fourth-order valence-electron chi connectivity index (χ4n) is 3.00. The zero-order chi connectivity index (χ0) is 10.5. The largest absolute Gasteiger partial charge is 0.316 e. The standard InChI is InChI=1S/C14H19N/c1-10(2)11-4-3-5-12(6-11)14-7-13(14)8-15-9-14/h3-6,10,13,15H,7-9H2,1-2H3. The SMILES string of the molecule is CC(C)c1cccc(C23CNCC2C3)c1. The van der Waals surface area contributed by atoms with E-state index in [2.05, 4.69) is 43.4 Å². The highest BCUT2D eigenvalue weighted by Gasteiger charge is 2.57. The van der Waals surface area contributed by atoms with Crippen LogP contribution in [0.2, 0.25) is 0 Å². The second-order valence-corrected chi connectivity index (χ2v) is 5.47. The van der Waals surface area contributed by atoms with Crippen molar-refractivity contribution in [2.45, 2.75) is 31.6 Å². The molecule has 1 heteroatoms. The summed E-state index contributed by atoms with van der Waals surface area (Å²) in [4.78, 5) is 0. The zero-order valence-electron chi connectivity index (χ0n) is 9.59. The van der Waals surface area contributed by atoms with E-state index in [4.69, 9.17) is 0 Å². The number of hydrogen-bond acceptors (Lipinski definition) is 1. The van der Waals surface area contributed by atoms with E-state index in [1.54, 1.807) is 5.56 Å². The Morgan fingerprint density at radius 2 is 2.27 bits per heavy atom. The zero-order valence-corrected chi connectivity index (χ0v) is 9.59. The van der Waals surface area contributed by atoms with Crippen molar-refractivity contribution in [2.24, 2.45) is 5.92 Å². The third-order valence-corrected chi connectivity index (χ3v) is 4.19. The molecule has 0 amide bonds. The van der Waals surface area contributed by atoms with Crippen molar-refractivity contribution >= 4 is 0 Å². The minimum Gasteiger partial charge on any atom is -0.316 e. The van der Waals surface area contributed by atoms with Gasteiger partial charge in [0, 0.05) is 12.0 Å². The average Bonchev–Trinajstić information content (AvgIpc) is 2.82. The maximum atomic E-state index is 3.51. The lowest BCUT2D eigenvalue weighted by atomic mass is 9.91. The van der Waals surface area contributed by atoms with E-state index in [1.165, 1.54) is 25.1 Å². The Bertz CT molecular complexity index is 383. The molecular formula is C14H19N. The van der Waals surface area contributed by atoms with E-state index in [0.29, 0.717) is 11.3 Å². The van der Waals surface area contributed by atoms with Crippen molar-refractivity contribution < 1.29 is 0 Å². The Kier molecular flexibility index (Phi) is 1.93. The molecule has 1 nitrogen and oxygen atoms in total. The smallest absolute Gasteiger partial charge is 0.0122 e. The Labute approximate surface area is 91.9 Å². The van der Waals surface area contributed by atoms with Gasteiger partial charge >= 0.3 is 0 Å². The van der Waals surface area contributed by atoms with E-state index in [0.717, 1.165) is 5.92 Å². The van der Waals surface area contributed by atoms with Crippen molar-refractivity contribution in [1.82, 2.24) is 5.32 Å². The van der Waals surface area contributed by atoms with Gasteiger partial charge in [-0.3, -0.25) is 0 Å². The van der Waals surface area contributed by atoms with Crippen LogP contribution in [0.5, 0.6) is 0 Å². The molecule has 1 N–H and O–H groups in total. The maximum absolute atomic E-state index is 3.51. The van der Waals surface area contributed by atoms with Crippen molar-refractivity contribution in [3.63, 3.8) is 0 Å². The molecule has 1 aliphatic carbocycles. The van der Waals surface area contributed by atoms with Crippen molar-refractivity contribution in [3.8, 4) is 0 Å². The number of nitrogens with one attached hydrogen (secondary N) is 1. The Balaban J connectivity index is 1.96. The van der Waals surface area contributed by atoms with Crippen LogP contribution in [0, 0.1) is 5.92 Å². The van der Waals surface area contributed by atoms with E-state index < -0.39 is 0 Å². The summed E-state index contributed by atoms with van der Waals surface area (Å²) in [5.41, 5.74) is 3.58. The first-order chi connectivity index (χ1) is 7.22. The highest BCUT2D eigenvalue weighted by Crippen LogP contribution is 2.56. The van der Waals surface area contributed by atoms with E-state index >= 15 is 0 Å². The molecule has 0 spiro atoms. The van der Waals surface area contributed by atoms with Gasteiger partial charge in [-0.05, 0) is 35.9 Å². The Morgan fingerprint density at radius 3 is 2.87 bits per heavy atom. The van der Waals surface area contributed by atoms with Crippen LogP contribution in [-0.2, 0) is 5.41 Å². The number of hydrogen-bond donors (Lipinski definition) is 1. The lowest BCUT2D eigenvalue weighted by molar-refractivity contribution is 0.673. The topological polar surface area (TPSA) is 12.0 Å². The summed E-state index contributed by atoms with van der Waals surface area (Å²) in [6.07, 6.45) is 1.40. The lowest BCUT2D eigenvalue weighted by Crippen LogP contribution is -2.19. The quantitative estimate of drug-likeness (QED) is 0.775. The molecule has 0 radical (unpaired) electrons. The molecule has 15 heavy (non-hydrogen) atoms. The van der Waals surface area contributed by atoms with Crippen molar-refractivity contribution in [3.05, 3.63) is 35.4 Å². The van der Waals surface area contributed by atoms with Gasteiger partial charge in [0.1, 0.15) is 0 Å². The van der Waals surface area contributed by atoms with E-state index in [1.807, 2.05) is 0 Å².